The molecule has 32 heavy (non-hydrogen) atoms. The van der Waals surface area contributed by atoms with E-state index in [1.165, 1.54) is 5.56 Å². The summed E-state index contributed by atoms with van der Waals surface area (Å²) in [5, 5.41) is 3.19. The molecule has 3 aromatic rings. The molecule has 0 fully saturated rings. The van der Waals surface area contributed by atoms with Crippen molar-refractivity contribution in [3.63, 3.8) is 0 Å². The smallest absolute Gasteiger partial charge is 0.251 e. The lowest BCUT2D eigenvalue weighted by molar-refractivity contribution is 0.0934. The Morgan fingerprint density at radius 3 is 2.03 bits per heavy atom. The van der Waals surface area contributed by atoms with Crippen molar-refractivity contribution in [2.75, 3.05) is 12.8 Å². The fraction of sp³-hybridized carbons (Fsp3) is 0.269. The van der Waals surface area contributed by atoms with Gasteiger partial charge in [-0.05, 0) is 54.5 Å². The lowest BCUT2D eigenvalue weighted by atomic mass is 9.98. The highest BCUT2D eigenvalue weighted by Crippen LogP contribution is 2.21. The van der Waals surface area contributed by atoms with Crippen LogP contribution >= 0.6 is 0 Å². The molecule has 0 aliphatic rings. The molecule has 3 aromatic carbocycles. The van der Waals surface area contributed by atoms with E-state index in [1.54, 1.807) is 12.1 Å². The van der Waals surface area contributed by atoms with E-state index in [9.17, 15) is 13.2 Å². The molecule has 3 rings (SSSR count). The molecule has 0 aliphatic heterocycles. The molecule has 168 valence electrons. The molecular weight excluding hydrogens is 420 g/mol. The number of carbonyl (C=O) groups is 1. The van der Waals surface area contributed by atoms with Gasteiger partial charge in [0.25, 0.3) is 5.91 Å². The molecule has 0 spiro atoms. The van der Waals surface area contributed by atoms with E-state index in [2.05, 4.69) is 22.2 Å². The van der Waals surface area contributed by atoms with Crippen LogP contribution in [0.1, 0.15) is 45.9 Å². The maximum atomic E-state index is 12.9. The number of benzene rings is 3. The Hall–Kier alpha value is -2.96. The van der Waals surface area contributed by atoms with Gasteiger partial charge >= 0.3 is 0 Å². The first-order valence-electron chi connectivity index (χ1n) is 10.8. The Morgan fingerprint density at radius 1 is 0.812 bits per heavy atom. The summed E-state index contributed by atoms with van der Waals surface area (Å²) in [6, 6.07) is 27.7. The van der Waals surface area contributed by atoms with Gasteiger partial charge in [0, 0.05) is 12.1 Å². The summed E-state index contributed by atoms with van der Waals surface area (Å²) >= 11 is 0. The molecule has 6 heteroatoms. The van der Waals surface area contributed by atoms with Gasteiger partial charge in [-0.1, -0.05) is 72.8 Å². The molecule has 0 unspecified atom stereocenters. The Balaban J connectivity index is 1.60. The summed E-state index contributed by atoms with van der Waals surface area (Å²) in [6.45, 7) is 0.335. The quantitative estimate of drug-likeness (QED) is 0.458. The van der Waals surface area contributed by atoms with Gasteiger partial charge < -0.3 is 5.32 Å². The van der Waals surface area contributed by atoms with E-state index in [1.807, 2.05) is 60.7 Å². The van der Waals surface area contributed by atoms with Crippen LogP contribution in [0.15, 0.2) is 84.9 Å². The molecule has 2 N–H and O–H groups in total. The third kappa shape index (κ3) is 7.94. The number of amides is 1. The van der Waals surface area contributed by atoms with Crippen molar-refractivity contribution in [1.29, 1.82) is 0 Å². The minimum absolute atomic E-state index is 0.0638. The standard InChI is InChI=1S/C26H30N2O3S/c1-32(30,31)27-20-19-22-15-17-24(18-16-22)26(29)28-25(23-12-6-3-7-13-23)14-8-11-21-9-4-2-5-10-21/h2-7,9-10,12-13,15-18,25,27H,8,11,14,19-20H2,1H3,(H,28,29)/t25-/m0/s1. The van der Waals surface area contributed by atoms with Gasteiger partial charge in [0.15, 0.2) is 0 Å². The topological polar surface area (TPSA) is 75.3 Å². The van der Waals surface area contributed by atoms with Crippen LogP contribution in [-0.4, -0.2) is 27.1 Å². The second-order valence-electron chi connectivity index (χ2n) is 7.93. The molecule has 0 bridgehead atoms. The summed E-state index contributed by atoms with van der Waals surface area (Å²) in [7, 11) is -3.20. The molecule has 0 aliphatic carbocycles. The van der Waals surface area contributed by atoms with Crippen LogP contribution in [0.4, 0.5) is 0 Å². The number of hydrogen-bond donors (Lipinski definition) is 2. The number of nitrogens with one attached hydrogen (secondary N) is 2. The summed E-state index contributed by atoms with van der Waals surface area (Å²) in [5.74, 6) is -0.112. The van der Waals surface area contributed by atoms with E-state index in [0.717, 1.165) is 36.6 Å². The maximum Gasteiger partial charge on any atom is 0.251 e. The van der Waals surface area contributed by atoms with Crippen LogP contribution in [0.3, 0.4) is 0 Å². The van der Waals surface area contributed by atoms with Crippen molar-refractivity contribution in [3.8, 4) is 0 Å². The average Bonchev–Trinajstić information content (AvgIpc) is 2.79. The van der Waals surface area contributed by atoms with E-state index < -0.39 is 10.0 Å². The van der Waals surface area contributed by atoms with Crippen molar-refractivity contribution >= 4 is 15.9 Å². The van der Waals surface area contributed by atoms with Gasteiger partial charge in [0.05, 0.1) is 12.3 Å². The lowest BCUT2D eigenvalue weighted by Crippen LogP contribution is -2.28. The zero-order chi connectivity index (χ0) is 22.8. The highest BCUT2D eigenvalue weighted by atomic mass is 32.2. The molecule has 1 amide bonds. The predicted molar refractivity (Wildman–Crippen MR) is 129 cm³/mol. The van der Waals surface area contributed by atoms with Crippen molar-refractivity contribution < 1.29 is 13.2 Å². The molecule has 0 saturated carbocycles. The minimum atomic E-state index is -3.20. The van der Waals surface area contributed by atoms with Crippen molar-refractivity contribution in [2.24, 2.45) is 0 Å². The summed E-state index contributed by atoms with van der Waals surface area (Å²) in [4.78, 5) is 12.9. The molecule has 0 aromatic heterocycles. The number of hydrogen-bond acceptors (Lipinski definition) is 3. The van der Waals surface area contributed by atoms with Gasteiger partial charge in [-0.25, -0.2) is 13.1 Å². The minimum Gasteiger partial charge on any atom is -0.345 e. The van der Waals surface area contributed by atoms with Crippen molar-refractivity contribution in [3.05, 3.63) is 107 Å². The van der Waals surface area contributed by atoms with Gasteiger partial charge in [0.2, 0.25) is 10.0 Å². The largest absolute Gasteiger partial charge is 0.345 e. The summed E-state index contributed by atoms with van der Waals surface area (Å²) in [6.07, 6.45) is 4.50. The number of aryl methyl sites for hydroxylation is 1. The molecule has 0 radical (unpaired) electrons. The molecular formula is C26H30N2O3S. The third-order valence-electron chi connectivity index (χ3n) is 5.30. The summed E-state index contributed by atoms with van der Waals surface area (Å²) in [5.41, 5.74) is 3.96. The van der Waals surface area contributed by atoms with Gasteiger partial charge in [0.1, 0.15) is 0 Å². The fourth-order valence-corrected chi connectivity index (χ4v) is 4.08. The fourth-order valence-electron chi connectivity index (χ4n) is 3.61. The first-order valence-corrected chi connectivity index (χ1v) is 12.7. The number of rotatable bonds is 11. The first kappa shape index (κ1) is 23.7. The van der Waals surface area contributed by atoms with Crippen LogP contribution in [0.2, 0.25) is 0 Å². The summed E-state index contributed by atoms with van der Waals surface area (Å²) < 4.78 is 24.8. The first-order chi connectivity index (χ1) is 15.4. The Labute approximate surface area is 190 Å². The lowest BCUT2D eigenvalue weighted by Gasteiger charge is -2.19. The zero-order valence-electron chi connectivity index (χ0n) is 18.3. The second kappa shape index (κ2) is 11.6. The van der Waals surface area contributed by atoms with Crippen LogP contribution in [-0.2, 0) is 22.9 Å². The van der Waals surface area contributed by atoms with E-state index in [-0.39, 0.29) is 11.9 Å². The highest BCUT2D eigenvalue weighted by molar-refractivity contribution is 7.88. The Morgan fingerprint density at radius 2 is 1.41 bits per heavy atom. The number of sulfonamides is 1. The van der Waals surface area contributed by atoms with Gasteiger partial charge in [-0.2, -0.15) is 0 Å². The van der Waals surface area contributed by atoms with E-state index in [0.29, 0.717) is 18.5 Å². The predicted octanol–water partition coefficient (Wildman–Crippen LogP) is 4.27. The highest BCUT2D eigenvalue weighted by Gasteiger charge is 2.16. The SMILES string of the molecule is CS(=O)(=O)NCCc1ccc(C(=O)N[C@@H](CCCc2ccccc2)c2ccccc2)cc1. The van der Waals surface area contributed by atoms with Gasteiger partial charge in [-0.3, -0.25) is 4.79 Å². The third-order valence-corrected chi connectivity index (χ3v) is 6.03. The van der Waals surface area contributed by atoms with Crippen LogP contribution < -0.4 is 10.0 Å². The van der Waals surface area contributed by atoms with Gasteiger partial charge in [-0.15, -0.1) is 0 Å². The molecule has 5 nitrogen and oxygen atoms in total. The van der Waals surface area contributed by atoms with Crippen molar-refractivity contribution in [1.82, 2.24) is 10.0 Å². The molecule has 0 saturated heterocycles. The van der Waals surface area contributed by atoms with Crippen molar-refractivity contribution in [2.45, 2.75) is 31.7 Å². The second-order valence-corrected chi connectivity index (χ2v) is 9.76. The van der Waals surface area contributed by atoms with Crippen LogP contribution in [0.5, 0.6) is 0 Å². The Kier molecular flexibility index (Phi) is 8.59. The van der Waals surface area contributed by atoms with Crippen LogP contribution in [0.25, 0.3) is 0 Å². The number of carbonyl (C=O) groups excluding carboxylic acids is 1. The monoisotopic (exact) mass is 450 g/mol. The molecule has 0 heterocycles. The molecule has 1 atom stereocenters. The Bertz CT molecular complexity index is 1080. The normalized spacial score (nSPS) is 12.3. The average molecular weight is 451 g/mol. The maximum absolute atomic E-state index is 12.9. The zero-order valence-corrected chi connectivity index (χ0v) is 19.1. The van der Waals surface area contributed by atoms with Crippen LogP contribution in [0, 0.1) is 0 Å². The van der Waals surface area contributed by atoms with E-state index >= 15 is 0 Å². The van der Waals surface area contributed by atoms with E-state index in [4.69, 9.17) is 0 Å².